The lowest BCUT2D eigenvalue weighted by atomic mass is 9.96. The summed E-state index contributed by atoms with van der Waals surface area (Å²) in [7, 11) is 1.43. The fraction of sp³-hybridized carbons (Fsp3) is 0.556. The Morgan fingerprint density at radius 1 is 1.31 bits per heavy atom. The number of hydrogen-bond donors (Lipinski definition) is 1. The van der Waals surface area contributed by atoms with Crippen LogP contribution in [-0.2, 0) is 9.22 Å². The van der Waals surface area contributed by atoms with Crippen molar-refractivity contribution in [3.05, 3.63) is 24.3 Å². The Hall–Kier alpha value is -0.543. The third-order valence-corrected chi connectivity index (χ3v) is 13.8. The molecule has 2 heterocycles. The number of benzene rings is 1. The van der Waals surface area contributed by atoms with Crippen molar-refractivity contribution in [1.82, 2.24) is 10.3 Å². The first-order valence-corrected chi connectivity index (χ1v) is 14.7. The topological polar surface area (TPSA) is 51.2 Å². The minimum absolute atomic E-state index is 0.0688. The fourth-order valence-electron chi connectivity index (χ4n) is 2.61. The molecule has 1 aromatic carbocycles. The van der Waals surface area contributed by atoms with Crippen LogP contribution in [0.15, 0.2) is 28.6 Å². The lowest BCUT2D eigenvalue weighted by Gasteiger charge is -2.44. The van der Waals surface area contributed by atoms with Crippen LogP contribution < -0.4 is 5.32 Å². The number of para-hydroxylation sites is 1. The summed E-state index contributed by atoms with van der Waals surface area (Å²) in [4.78, 5) is 16.8. The van der Waals surface area contributed by atoms with Crippen LogP contribution in [0.1, 0.15) is 27.7 Å². The molecule has 0 saturated carbocycles. The first kappa shape index (κ1) is 20.2. The molecular weight excluding hydrogens is 400 g/mol. The summed E-state index contributed by atoms with van der Waals surface area (Å²) in [6.07, 6.45) is -0.0712. The molecule has 0 radical (unpaired) electrons. The van der Waals surface area contributed by atoms with E-state index in [4.69, 9.17) is 4.43 Å². The van der Waals surface area contributed by atoms with Gasteiger partial charge in [0.2, 0.25) is 5.91 Å². The molecule has 1 aliphatic heterocycles. The molecule has 1 amide bonds. The number of β-lactam (4-membered cyclic amide) rings is 1. The van der Waals surface area contributed by atoms with Crippen molar-refractivity contribution < 1.29 is 9.22 Å². The molecule has 1 aliphatic rings. The number of hydrogen-bond acceptors (Lipinski definition) is 6. The molecule has 3 atom stereocenters. The second-order valence-corrected chi connectivity index (χ2v) is 16.5. The molecule has 1 N–H and O–H groups in total. The second kappa shape index (κ2) is 7.47. The summed E-state index contributed by atoms with van der Waals surface area (Å²) in [6, 6.07) is 8.16. The first-order chi connectivity index (χ1) is 12.1. The number of aromatic nitrogens is 1. The van der Waals surface area contributed by atoms with Crippen molar-refractivity contribution in [3.8, 4) is 0 Å². The molecule has 26 heavy (non-hydrogen) atoms. The highest BCUT2D eigenvalue weighted by molar-refractivity contribution is 8.77. The normalized spacial score (nSPS) is 22.2. The molecular formula is C18H26N2O2S3Si. The van der Waals surface area contributed by atoms with Gasteiger partial charge in [-0.3, -0.25) is 4.79 Å². The first-order valence-electron chi connectivity index (χ1n) is 8.75. The summed E-state index contributed by atoms with van der Waals surface area (Å²) in [5.41, 5.74) is 1.03. The van der Waals surface area contributed by atoms with Gasteiger partial charge in [-0.2, -0.15) is 0 Å². The largest absolute Gasteiger partial charge is 0.413 e. The third-order valence-electron chi connectivity index (χ3n) is 5.20. The zero-order valence-corrected chi connectivity index (χ0v) is 19.5. The van der Waals surface area contributed by atoms with Crippen LogP contribution in [0.3, 0.4) is 0 Å². The SMILES string of the molecule is CC(O[Si](C)(C)C(C)(C)C)[C@H]1C(=O)N[C@@H]1SSc1nc2ccccc2s1. The number of carbonyl (C=O) groups excluding carboxylic acids is 1. The quantitative estimate of drug-likeness (QED) is 0.374. The van der Waals surface area contributed by atoms with Gasteiger partial charge in [0.25, 0.3) is 0 Å². The highest BCUT2D eigenvalue weighted by atomic mass is 33.1. The molecule has 1 aromatic heterocycles. The number of carbonyl (C=O) groups is 1. The van der Waals surface area contributed by atoms with Crippen molar-refractivity contribution in [1.29, 1.82) is 0 Å². The van der Waals surface area contributed by atoms with Gasteiger partial charge in [0.05, 0.1) is 27.6 Å². The zero-order chi connectivity index (χ0) is 19.1. The highest BCUT2D eigenvalue weighted by Gasteiger charge is 2.47. The Labute approximate surface area is 168 Å². The highest BCUT2D eigenvalue weighted by Crippen LogP contribution is 2.45. The fourth-order valence-corrected chi connectivity index (χ4v) is 7.92. The average molecular weight is 427 g/mol. The van der Waals surface area contributed by atoms with Crippen LogP contribution in [-0.4, -0.2) is 30.7 Å². The Balaban J connectivity index is 1.61. The van der Waals surface area contributed by atoms with Gasteiger partial charge in [-0.25, -0.2) is 4.98 Å². The summed E-state index contributed by atoms with van der Waals surface area (Å²) >= 11 is 1.69. The molecule has 0 aliphatic carbocycles. The van der Waals surface area contributed by atoms with Crippen molar-refractivity contribution in [3.63, 3.8) is 0 Å². The van der Waals surface area contributed by atoms with Gasteiger partial charge in [0.1, 0.15) is 0 Å². The number of nitrogens with zero attached hydrogens (tertiary/aromatic N) is 1. The molecule has 1 fully saturated rings. The number of fused-ring (bicyclic) bond motifs is 1. The van der Waals surface area contributed by atoms with E-state index >= 15 is 0 Å². The Bertz CT molecular complexity index is 770. The molecule has 3 rings (SSSR count). The smallest absolute Gasteiger partial charge is 0.229 e. The van der Waals surface area contributed by atoms with Crippen molar-refractivity contribution >= 4 is 57.4 Å². The second-order valence-electron chi connectivity index (χ2n) is 8.17. The van der Waals surface area contributed by atoms with Crippen LogP contribution in [0.5, 0.6) is 0 Å². The van der Waals surface area contributed by atoms with E-state index in [9.17, 15) is 4.79 Å². The Kier molecular flexibility index (Phi) is 5.80. The van der Waals surface area contributed by atoms with Gasteiger partial charge in [0, 0.05) is 0 Å². The summed E-state index contributed by atoms with van der Waals surface area (Å²) in [5.74, 6) is -0.00499. The molecule has 1 unspecified atom stereocenters. The molecule has 8 heteroatoms. The minimum Gasteiger partial charge on any atom is -0.413 e. The van der Waals surface area contributed by atoms with E-state index in [-0.39, 0.29) is 28.3 Å². The van der Waals surface area contributed by atoms with Crippen LogP contribution in [0.4, 0.5) is 0 Å². The van der Waals surface area contributed by atoms with Gasteiger partial charge in [-0.05, 0) is 48.0 Å². The van der Waals surface area contributed by atoms with E-state index < -0.39 is 8.32 Å². The van der Waals surface area contributed by atoms with Crippen molar-refractivity contribution in [2.45, 2.75) is 61.6 Å². The molecule has 0 spiro atoms. The average Bonchev–Trinajstić information content (AvgIpc) is 2.92. The van der Waals surface area contributed by atoms with Gasteiger partial charge < -0.3 is 9.74 Å². The van der Waals surface area contributed by atoms with Crippen molar-refractivity contribution in [2.75, 3.05) is 0 Å². The van der Waals surface area contributed by atoms with Crippen LogP contribution in [0.2, 0.25) is 18.1 Å². The van der Waals surface area contributed by atoms with Gasteiger partial charge >= 0.3 is 0 Å². The number of rotatable bonds is 6. The molecule has 4 nitrogen and oxygen atoms in total. The predicted molar refractivity (Wildman–Crippen MR) is 116 cm³/mol. The van der Waals surface area contributed by atoms with E-state index in [2.05, 4.69) is 50.2 Å². The number of amides is 1. The summed E-state index contributed by atoms with van der Waals surface area (Å²) in [5, 5.41) is 3.23. The maximum atomic E-state index is 12.2. The van der Waals surface area contributed by atoms with Crippen LogP contribution in [0, 0.1) is 5.92 Å². The maximum Gasteiger partial charge on any atom is 0.229 e. The Morgan fingerprint density at radius 3 is 2.62 bits per heavy atom. The zero-order valence-electron chi connectivity index (χ0n) is 16.0. The number of nitrogens with one attached hydrogen (secondary N) is 1. The molecule has 142 valence electrons. The van der Waals surface area contributed by atoms with E-state index in [1.165, 1.54) is 4.70 Å². The van der Waals surface area contributed by atoms with Gasteiger partial charge in [-0.1, -0.05) is 43.7 Å². The van der Waals surface area contributed by atoms with Gasteiger partial charge in [0.15, 0.2) is 12.7 Å². The monoisotopic (exact) mass is 426 g/mol. The predicted octanol–water partition coefficient (Wildman–Crippen LogP) is 5.52. The standard InChI is InChI=1S/C18H26N2O2S3Si/c1-11(22-26(5,6)18(2,3)4)14-15(21)20-16(14)24-25-17-19-12-9-7-8-10-13(12)23-17/h7-11,14,16H,1-6H3,(H,20,21)/t11?,14-,16+/m0/s1. The van der Waals surface area contributed by atoms with E-state index in [1.807, 2.05) is 25.1 Å². The van der Waals surface area contributed by atoms with Crippen LogP contribution in [0.25, 0.3) is 10.2 Å². The maximum absolute atomic E-state index is 12.2. The summed E-state index contributed by atoms with van der Waals surface area (Å²) < 4.78 is 8.67. The van der Waals surface area contributed by atoms with E-state index in [1.54, 1.807) is 32.9 Å². The number of thiazole rings is 1. The Morgan fingerprint density at radius 2 is 2.00 bits per heavy atom. The molecule has 2 aromatic rings. The van der Waals surface area contributed by atoms with E-state index in [0.29, 0.717) is 0 Å². The minimum atomic E-state index is -1.89. The third kappa shape index (κ3) is 4.14. The summed E-state index contributed by atoms with van der Waals surface area (Å²) in [6.45, 7) is 13.2. The lowest BCUT2D eigenvalue weighted by molar-refractivity contribution is -0.136. The van der Waals surface area contributed by atoms with Gasteiger partial charge in [-0.15, -0.1) is 11.3 Å². The van der Waals surface area contributed by atoms with Crippen molar-refractivity contribution in [2.24, 2.45) is 5.92 Å². The lowest BCUT2D eigenvalue weighted by Crippen LogP contribution is -2.62. The molecule has 0 bridgehead atoms. The van der Waals surface area contributed by atoms with E-state index in [0.717, 1.165) is 9.86 Å². The molecule has 1 saturated heterocycles. The van der Waals surface area contributed by atoms with Crippen LogP contribution >= 0.6 is 32.9 Å².